The first-order valence-corrected chi connectivity index (χ1v) is 7.92. The SMILES string of the molecule is COc1cc(CN2CCSC(C)C2C)ccc1CN. The summed E-state index contributed by atoms with van der Waals surface area (Å²) in [6, 6.07) is 7.01. The van der Waals surface area contributed by atoms with E-state index in [4.69, 9.17) is 10.5 Å². The van der Waals surface area contributed by atoms with Crippen LogP contribution in [-0.2, 0) is 13.1 Å². The van der Waals surface area contributed by atoms with Crippen molar-refractivity contribution in [3.05, 3.63) is 29.3 Å². The first kappa shape index (κ1) is 14.7. The lowest BCUT2D eigenvalue weighted by atomic mass is 10.1. The normalized spacial score (nSPS) is 24.4. The Morgan fingerprint density at radius 3 is 2.89 bits per heavy atom. The van der Waals surface area contributed by atoms with E-state index in [0.29, 0.717) is 17.8 Å². The van der Waals surface area contributed by atoms with Crippen molar-refractivity contribution in [2.24, 2.45) is 5.73 Å². The minimum atomic E-state index is 0.525. The number of nitrogens with two attached hydrogens (primary N) is 1. The maximum atomic E-state index is 5.71. The van der Waals surface area contributed by atoms with E-state index in [1.807, 2.05) is 0 Å². The van der Waals surface area contributed by atoms with E-state index in [9.17, 15) is 0 Å². The third-order valence-corrected chi connectivity index (χ3v) is 5.31. The number of thioether (sulfide) groups is 1. The molecule has 1 saturated heterocycles. The third kappa shape index (κ3) is 3.44. The van der Waals surface area contributed by atoms with Crippen molar-refractivity contribution in [3.63, 3.8) is 0 Å². The summed E-state index contributed by atoms with van der Waals surface area (Å²) in [5.74, 6) is 2.14. The van der Waals surface area contributed by atoms with E-state index in [2.05, 4.69) is 48.7 Å². The molecule has 2 N–H and O–H groups in total. The van der Waals surface area contributed by atoms with Crippen LogP contribution in [0.2, 0.25) is 0 Å². The summed E-state index contributed by atoms with van der Waals surface area (Å²) in [6.45, 7) is 7.32. The zero-order valence-corrected chi connectivity index (χ0v) is 12.9. The number of hydrogen-bond acceptors (Lipinski definition) is 4. The third-order valence-electron chi connectivity index (χ3n) is 3.97. The van der Waals surface area contributed by atoms with E-state index in [-0.39, 0.29) is 0 Å². The highest BCUT2D eigenvalue weighted by molar-refractivity contribution is 8.00. The summed E-state index contributed by atoms with van der Waals surface area (Å²) in [6.07, 6.45) is 0. The van der Waals surface area contributed by atoms with Crippen molar-refractivity contribution in [1.29, 1.82) is 0 Å². The summed E-state index contributed by atoms with van der Waals surface area (Å²) in [5, 5.41) is 0.707. The Hall–Kier alpha value is -0.710. The van der Waals surface area contributed by atoms with Gasteiger partial charge in [0.25, 0.3) is 0 Å². The molecule has 1 aromatic carbocycles. The zero-order valence-electron chi connectivity index (χ0n) is 12.1. The van der Waals surface area contributed by atoms with E-state index in [1.165, 1.54) is 11.3 Å². The summed E-state index contributed by atoms with van der Waals surface area (Å²) in [4.78, 5) is 2.55. The Bertz CT molecular complexity index is 425. The van der Waals surface area contributed by atoms with Crippen LogP contribution in [0.5, 0.6) is 5.75 Å². The molecule has 1 aliphatic rings. The van der Waals surface area contributed by atoms with Crippen molar-refractivity contribution in [2.75, 3.05) is 19.4 Å². The molecule has 0 spiro atoms. The average molecular weight is 280 g/mol. The van der Waals surface area contributed by atoms with E-state index >= 15 is 0 Å². The molecule has 2 atom stereocenters. The van der Waals surface area contributed by atoms with Gasteiger partial charge < -0.3 is 10.5 Å². The smallest absolute Gasteiger partial charge is 0.123 e. The molecule has 1 heterocycles. The number of hydrogen-bond donors (Lipinski definition) is 1. The van der Waals surface area contributed by atoms with Crippen molar-refractivity contribution in [3.8, 4) is 5.75 Å². The molecule has 0 amide bonds. The lowest BCUT2D eigenvalue weighted by Crippen LogP contribution is -2.43. The molecule has 3 nitrogen and oxygen atoms in total. The first-order chi connectivity index (χ1) is 9.15. The first-order valence-electron chi connectivity index (χ1n) is 6.87. The molecular formula is C15H24N2OS. The minimum absolute atomic E-state index is 0.525. The topological polar surface area (TPSA) is 38.5 Å². The fourth-order valence-corrected chi connectivity index (χ4v) is 3.67. The van der Waals surface area contributed by atoms with Crippen LogP contribution in [0.3, 0.4) is 0 Å². The quantitative estimate of drug-likeness (QED) is 0.919. The second kappa shape index (κ2) is 6.64. The van der Waals surface area contributed by atoms with Gasteiger partial charge in [-0.15, -0.1) is 0 Å². The molecule has 1 aromatic rings. The van der Waals surface area contributed by atoms with Gasteiger partial charge in [0, 0.05) is 42.2 Å². The van der Waals surface area contributed by atoms with Crippen molar-refractivity contribution < 1.29 is 4.74 Å². The number of rotatable bonds is 4. The van der Waals surface area contributed by atoms with Gasteiger partial charge in [-0.05, 0) is 18.6 Å². The molecule has 0 radical (unpaired) electrons. The number of benzene rings is 1. The summed E-state index contributed by atoms with van der Waals surface area (Å²) >= 11 is 2.07. The highest BCUT2D eigenvalue weighted by atomic mass is 32.2. The number of methoxy groups -OCH3 is 1. The molecule has 1 aliphatic heterocycles. The highest BCUT2D eigenvalue weighted by Crippen LogP contribution is 2.27. The van der Waals surface area contributed by atoms with Crippen LogP contribution in [0.15, 0.2) is 18.2 Å². The minimum Gasteiger partial charge on any atom is -0.496 e. The molecule has 1 fully saturated rings. The molecule has 0 saturated carbocycles. The standard InChI is InChI=1S/C15H24N2OS/c1-11-12(2)19-7-6-17(11)10-13-4-5-14(9-16)15(8-13)18-3/h4-5,8,11-12H,6-7,9-10,16H2,1-3H3. The van der Waals surface area contributed by atoms with Gasteiger partial charge in [0.1, 0.15) is 5.75 Å². The Labute approximate surface area is 120 Å². The predicted octanol–water partition coefficient (Wildman–Crippen LogP) is 2.48. The summed E-state index contributed by atoms with van der Waals surface area (Å²) in [5.41, 5.74) is 8.08. The van der Waals surface area contributed by atoms with Gasteiger partial charge in [-0.25, -0.2) is 0 Å². The molecule has 2 unspecified atom stereocenters. The molecular weight excluding hydrogens is 256 g/mol. The lowest BCUT2D eigenvalue weighted by molar-refractivity contribution is 0.204. The lowest BCUT2D eigenvalue weighted by Gasteiger charge is -2.37. The van der Waals surface area contributed by atoms with Crippen LogP contribution in [0.25, 0.3) is 0 Å². The van der Waals surface area contributed by atoms with E-state index in [0.717, 1.165) is 24.4 Å². The van der Waals surface area contributed by atoms with Crippen LogP contribution in [-0.4, -0.2) is 35.6 Å². The Balaban J connectivity index is 2.10. The summed E-state index contributed by atoms with van der Waals surface area (Å²) in [7, 11) is 1.71. The molecule has 106 valence electrons. The monoisotopic (exact) mass is 280 g/mol. The average Bonchev–Trinajstić information content (AvgIpc) is 2.43. The highest BCUT2D eigenvalue weighted by Gasteiger charge is 2.25. The second-order valence-electron chi connectivity index (χ2n) is 5.14. The Morgan fingerprint density at radius 2 is 2.21 bits per heavy atom. The Morgan fingerprint density at radius 1 is 1.42 bits per heavy atom. The van der Waals surface area contributed by atoms with Gasteiger partial charge in [-0.3, -0.25) is 4.90 Å². The van der Waals surface area contributed by atoms with E-state index < -0.39 is 0 Å². The predicted molar refractivity (Wildman–Crippen MR) is 82.7 cm³/mol. The summed E-state index contributed by atoms with van der Waals surface area (Å²) < 4.78 is 5.41. The Kier molecular flexibility index (Phi) is 5.13. The van der Waals surface area contributed by atoms with Crippen molar-refractivity contribution in [2.45, 2.75) is 38.2 Å². The zero-order chi connectivity index (χ0) is 13.8. The fourth-order valence-electron chi connectivity index (χ4n) is 2.51. The second-order valence-corrected chi connectivity index (χ2v) is 6.62. The van der Waals surface area contributed by atoms with Gasteiger partial charge in [-0.2, -0.15) is 11.8 Å². The molecule has 19 heavy (non-hydrogen) atoms. The van der Waals surface area contributed by atoms with Crippen molar-refractivity contribution >= 4 is 11.8 Å². The van der Waals surface area contributed by atoms with Crippen LogP contribution in [0.1, 0.15) is 25.0 Å². The van der Waals surface area contributed by atoms with Crippen LogP contribution < -0.4 is 10.5 Å². The van der Waals surface area contributed by atoms with Crippen LogP contribution >= 0.6 is 11.8 Å². The van der Waals surface area contributed by atoms with Crippen molar-refractivity contribution in [1.82, 2.24) is 4.90 Å². The molecule has 0 bridgehead atoms. The molecule has 2 rings (SSSR count). The van der Waals surface area contributed by atoms with E-state index in [1.54, 1.807) is 7.11 Å². The molecule has 0 aliphatic carbocycles. The van der Waals surface area contributed by atoms with Crippen LogP contribution in [0, 0.1) is 0 Å². The number of nitrogens with zero attached hydrogens (tertiary/aromatic N) is 1. The molecule has 4 heteroatoms. The van der Waals surface area contributed by atoms with Gasteiger partial charge in [-0.1, -0.05) is 19.1 Å². The largest absolute Gasteiger partial charge is 0.496 e. The maximum absolute atomic E-state index is 5.71. The van der Waals surface area contributed by atoms with Gasteiger partial charge >= 0.3 is 0 Å². The van der Waals surface area contributed by atoms with Gasteiger partial charge in [0.15, 0.2) is 0 Å². The van der Waals surface area contributed by atoms with Gasteiger partial charge in [0.2, 0.25) is 0 Å². The molecule has 0 aromatic heterocycles. The maximum Gasteiger partial charge on any atom is 0.123 e. The number of ether oxygens (including phenoxy) is 1. The fraction of sp³-hybridized carbons (Fsp3) is 0.600. The van der Waals surface area contributed by atoms with Crippen LogP contribution in [0.4, 0.5) is 0 Å². The van der Waals surface area contributed by atoms with Gasteiger partial charge in [0.05, 0.1) is 7.11 Å².